The van der Waals surface area contributed by atoms with E-state index in [1.807, 2.05) is 6.07 Å². The van der Waals surface area contributed by atoms with Crippen molar-refractivity contribution in [2.45, 2.75) is 45.1 Å². The minimum absolute atomic E-state index is 0.670. The fourth-order valence-corrected chi connectivity index (χ4v) is 5.36. The second-order valence-corrected chi connectivity index (χ2v) is 7.30. The largest absolute Gasteiger partial charge is 0.381 e. The molecule has 3 saturated carbocycles. The first-order chi connectivity index (χ1) is 9.22. The van der Waals surface area contributed by atoms with Gasteiger partial charge in [-0.1, -0.05) is 24.1 Å². The van der Waals surface area contributed by atoms with Gasteiger partial charge in [0.15, 0.2) is 0 Å². The van der Waals surface area contributed by atoms with E-state index in [0.717, 1.165) is 34.4 Å². The fourth-order valence-electron chi connectivity index (χ4n) is 5.18. The van der Waals surface area contributed by atoms with Crippen LogP contribution in [-0.2, 0) is 0 Å². The van der Waals surface area contributed by atoms with Crippen LogP contribution in [-0.4, -0.2) is 6.04 Å². The maximum atomic E-state index is 6.33. The molecule has 0 saturated heterocycles. The molecule has 0 aliphatic heterocycles. The molecule has 0 aromatic heterocycles. The Bertz CT molecular complexity index is 498. The molecule has 2 heteroatoms. The van der Waals surface area contributed by atoms with E-state index >= 15 is 0 Å². The van der Waals surface area contributed by atoms with Crippen LogP contribution in [0.2, 0.25) is 5.02 Å². The van der Waals surface area contributed by atoms with Crippen molar-refractivity contribution < 1.29 is 0 Å². The average molecular weight is 276 g/mol. The monoisotopic (exact) mass is 275 g/mol. The third-order valence-electron chi connectivity index (χ3n) is 5.89. The number of rotatable bonds is 2. The predicted octanol–water partition coefficient (Wildman–Crippen LogP) is 4.89. The molecule has 0 spiro atoms. The summed E-state index contributed by atoms with van der Waals surface area (Å²) in [6.45, 7) is 2.13. The Balaban J connectivity index is 1.54. The summed E-state index contributed by atoms with van der Waals surface area (Å²) in [4.78, 5) is 0. The van der Waals surface area contributed by atoms with Crippen molar-refractivity contribution in [1.82, 2.24) is 0 Å². The van der Waals surface area contributed by atoms with Gasteiger partial charge in [0, 0.05) is 6.04 Å². The van der Waals surface area contributed by atoms with Crippen LogP contribution >= 0.6 is 11.6 Å². The zero-order valence-corrected chi connectivity index (χ0v) is 12.3. The van der Waals surface area contributed by atoms with Gasteiger partial charge in [-0.15, -0.1) is 0 Å². The van der Waals surface area contributed by atoms with E-state index in [1.165, 1.54) is 37.7 Å². The molecule has 102 valence electrons. The van der Waals surface area contributed by atoms with E-state index in [0.29, 0.717) is 6.04 Å². The summed E-state index contributed by atoms with van der Waals surface area (Å²) in [6.07, 6.45) is 7.29. The molecule has 5 unspecified atom stereocenters. The first-order valence-electron chi connectivity index (χ1n) is 7.75. The molecule has 19 heavy (non-hydrogen) atoms. The van der Waals surface area contributed by atoms with E-state index < -0.39 is 0 Å². The lowest BCUT2D eigenvalue weighted by Gasteiger charge is -2.33. The summed E-state index contributed by atoms with van der Waals surface area (Å²) in [5.74, 6) is 3.99. The Kier molecular flexibility index (Phi) is 2.80. The van der Waals surface area contributed by atoms with Crippen molar-refractivity contribution in [3.05, 3.63) is 28.8 Å². The first-order valence-corrected chi connectivity index (χ1v) is 8.13. The highest BCUT2D eigenvalue weighted by molar-refractivity contribution is 6.33. The van der Waals surface area contributed by atoms with Crippen molar-refractivity contribution in [3.8, 4) is 0 Å². The Labute approximate surface area is 120 Å². The number of hydrogen-bond donors (Lipinski definition) is 1. The van der Waals surface area contributed by atoms with Crippen LogP contribution in [0.3, 0.4) is 0 Å². The maximum Gasteiger partial charge on any atom is 0.0637 e. The van der Waals surface area contributed by atoms with Crippen molar-refractivity contribution in [2.24, 2.45) is 23.7 Å². The van der Waals surface area contributed by atoms with Gasteiger partial charge < -0.3 is 5.32 Å². The molecule has 4 rings (SSSR count). The van der Waals surface area contributed by atoms with E-state index in [1.54, 1.807) is 0 Å². The van der Waals surface area contributed by atoms with Crippen LogP contribution in [0.25, 0.3) is 0 Å². The third kappa shape index (κ3) is 1.89. The molecule has 5 atom stereocenters. The Morgan fingerprint density at radius 3 is 2.84 bits per heavy atom. The average Bonchev–Trinajstić information content (AvgIpc) is 3.05. The number of halogens is 1. The summed E-state index contributed by atoms with van der Waals surface area (Å²) < 4.78 is 0. The molecule has 1 N–H and O–H groups in total. The zero-order chi connectivity index (χ0) is 13.0. The third-order valence-corrected chi connectivity index (χ3v) is 6.22. The molecular formula is C17H22ClN. The van der Waals surface area contributed by atoms with Gasteiger partial charge in [-0.3, -0.25) is 0 Å². The van der Waals surface area contributed by atoms with Gasteiger partial charge in [0.25, 0.3) is 0 Å². The topological polar surface area (TPSA) is 12.0 Å². The SMILES string of the molecule is Cc1ccc(Cl)c(NC2CC3CC2C2CCCC32)c1. The molecular weight excluding hydrogens is 254 g/mol. The van der Waals surface area contributed by atoms with Gasteiger partial charge in [-0.2, -0.15) is 0 Å². The van der Waals surface area contributed by atoms with Gasteiger partial charge >= 0.3 is 0 Å². The van der Waals surface area contributed by atoms with E-state index in [2.05, 4.69) is 24.4 Å². The highest BCUT2D eigenvalue weighted by Crippen LogP contribution is 2.59. The molecule has 1 aromatic rings. The highest BCUT2D eigenvalue weighted by atomic mass is 35.5. The number of hydrogen-bond acceptors (Lipinski definition) is 1. The molecule has 0 heterocycles. The summed E-state index contributed by atoms with van der Waals surface area (Å²) in [7, 11) is 0. The minimum atomic E-state index is 0.670. The normalized spacial score (nSPS) is 39.6. The van der Waals surface area contributed by atoms with Gasteiger partial charge in [-0.05, 0) is 74.0 Å². The van der Waals surface area contributed by atoms with Crippen molar-refractivity contribution in [3.63, 3.8) is 0 Å². The number of fused-ring (bicyclic) bond motifs is 5. The van der Waals surface area contributed by atoms with Crippen molar-refractivity contribution >= 4 is 17.3 Å². The lowest BCUT2D eigenvalue weighted by Crippen LogP contribution is -2.33. The number of anilines is 1. The van der Waals surface area contributed by atoms with E-state index in [4.69, 9.17) is 11.6 Å². The first kappa shape index (κ1) is 12.1. The van der Waals surface area contributed by atoms with Crippen LogP contribution < -0.4 is 5.32 Å². The molecule has 3 fully saturated rings. The Hall–Kier alpha value is -0.690. The molecule has 2 bridgehead atoms. The minimum Gasteiger partial charge on any atom is -0.381 e. The fraction of sp³-hybridized carbons (Fsp3) is 0.647. The summed E-state index contributed by atoms with van der Waals surface area (Å²) in [6, 6.07) is 6.97. The van der Waals surface area contributed by atoms with Crippen molar-refractivity contribution in [1.29, 1.82) is 0 Å². The number of benzene rings is 1. The second-order valence-electron chi connectivity index (χ2n) is 6.89. The van der Waals surface area contributed by atoms with E-state index in [-0.39, 0.29) is 0 Å². The molecule has 1 aromatic carbocycles. The van der Waals surface area contributed by atoms with Crippen molar-refractivity contribution in [2.75, 3.05) is 5.32 Å². The number of nitrogens with one attached hydrogen (secondary N) is 1. The number of aryl methyl sites for hydroxylation is 1. The molecule has 0 radical (unpaired) electrons. The standard InChI is InChI=1S/C17H22ClN/c1-10-5-6-15(18)17(7-10)19-16-9-11-8-14(16)13-4-2-3-12(11)13/h5-7,11-14,16,19H,2-4,8-9H2,1H3. The summed E-state index contributed by atoms with van der Waals surface area (Å²) in [5, 5.41) is 4.63. The van der Waals surface area contributed by atoms with Gasteiger partial charge in [0.2, 0.25) is 0 Å². The van der Waals surface area contributed by atoms with Gasteiger partial charge in [0.05, 0.1) is 10.7 Å². The molecule has 3 aliphatic carbocycles. The molecule has 3 aliphatic rings. The summed E-state index contributed by atoms with van der Waals surface area (Å²) in [5.41, 5.74) is 2.43. The quantitative estimate of drug-likeness (QED) is 0.811. The zero-order valence-electron chi connectivity index (χ0n) is 11.5. The van der Waals surface area contributed by atoms with Crippen LogP contribution in [0, 0.1) is 30.6 Å². The van der Waals surface area contributed by atoms with Crippen LogP contribution in [0.1, 0.15) is 37.7 Å². The Morgan fingerprint density at radius 2 is 1.95 bits per heavy atom. The predicted molar refractivity (Wildman–Crippen MR) is 80.6 cm³/mol. The van der Waals surface area contributed by atoms with E-state index in [9.17, 15) is 0 Å². The highest BCUT2D eigenvalue weighted by Gasteiger charge is 2.53. The lowest BCUT2D eigenvalue weighted by atomic mass is 9.79. The van der Waals surface area contributed by atoms with Gasteiger partial charge in [-0.25, -0.2) is 0 Å². The second kappa shape index (κ2) is 4.41. The molecule has 0 amide bonds. The van der Waals surface area contributed by atoms with Gasteiger partial charge in [0.1, 0.15) is 0 Å². The van der Waals surface area contributed by atoms with Crippen LogP contribution in [0.15, 0.2) is 18.2 Å². The molecule has 1 nitrogen and oxygen atoms in total. The maximum absolute atomic E-state index is 6.33. The smallest absolute Gasteiger partial charge is 0.0637 e. The van der Waals surface area contributed by atoms with Crippen LogP contribution in [0.5, 0.6) is 0 Å². The lowest BCUT2D eigenvalue weighted by molar-refractivity contribution is 0.243. The Morgan fingerprint density at radius 1 is 1.11 bits per heavy atom. The van der Waals surface area contributed by atoms with Crippen LogP contribution in [0.4, 0.5) is 5.69 Å². The summed E-state index contributed by atoms with van der Waals surface area (Å²) >= 11 is 6.33.